The van der Waals surface area contributed by atoms with Crippen LogP contribution in [0.4, 0.5) is 0 Å². The SMILES string of the molecule is CCCN(C(=O)c1cc(C)oc1C)C1CCNCC1. The zero-order valence-corrected chi connectivity index (χ0v) is 12.2. The first-order chi connectivity index (χ1) is 9.13. The molecule has 0 spiro atoms. The standard InChI is InChI=1S/C15H24N2O2/c1-4-9-17(13-5-7-16-8-6-13)15(18)14-10-11(2)19-12(14)3/h10,13,16H,4-9H2,1-3H3. The molecule has 0 radical (unpaired) electrons. The zero-order valence-electron chi connectivity index (χ0n) is 12.2. The van der Waals surface area contributed by atoms with Gasteiger partial charge in [-0.3, -0.25) is 4.79 Å². The van der Waals surface area contributed by atoms with Crippen molar-refractivity contribution in [2.45, 2.75) is 46.1 Å². The molecule has 4 nitrogen and oxygen atoms in total. The van der Waals surface area contributed by atoms with Gasteiger partial charge in [0, 0.05) is 12.6 Å². The fourth-order valence-electron chi connectivity index (χ4n) is 2.81. The zero-order chi connectivity index (χ0) is 13.8. The lowest BCUT2D eigenvalue weighted by Crippen LogP contribution is -2.46. The number of nitrogens with one attached hydrogen (secondary N) is 1. The molecule has 1 aromatic heterocycles. The molecule has 1 amide bonds. The molecule has 0 unspecified atom stereocenters. The van der Waals surface area contributed by atoms with E-state index in [4.69, 9.17) is 4.42 Å². The Bertz CT molecular complexity index is 433. The lowest BCUT2D eigenvalue weighted by molar-refractivity contribution is 0.0641. The van der Waals surface area contributed by atoms with E-state index < -0.39 is 0 Å². The molecule has 1 aliphatic rings. The Morgan fingerprint density at radius 2 is 2.11 bits per heavy atom. The molecule has 1 aromatic rings. The third kappa shape index (κ3) is 3.18. The van der Waals surface area contributed by atoms with E-state index >= 15 is 0 Å². The van der Waals surface area contributed by atoms with Crippen molar-refractivity contribution in [3.05, 3.63) is 23.2 Å². The molecular weight excluding hydrogens is 240 g/mol. The Morgan fingerprint density at radius 1 is 1.42 bits per heavy atom. The molecule has 4 heteroatoms. The average molecular weight is 264 g/mol. The Kier molecular flexibility index (Phi) is 4.64. The van der Waals surface area contributed by atoms with Crippen LogP contribution in [0, 0.1) is 13.8 Å². The minimum Gasteiger partial charge on any atom is -0.466 e. The van der Waals surface area contributed by atoms with Gasteiger partial charge in [-0.05, 0) is 52.3 Å². The van der Waals surface area contributed by atoms with Crippen LogP contribution in [0.5, 0.6) is 0 Å². The summed E-state index contributed by atoms with van der Waals surface area (Å²) in [5.74, 6) is 1.67. The summed E-state index contributed by atoms with van der Waals surface area (Å²) in [7, 11) is 0. The summed E-state index contributed by atoms with van der Waals surface area (Å²) in [6, 6.07) is 2.23. The third-order valence-corrected chi connectivity index (χ3v) is 3.75. The van der Waals surface area contributed by atoms with Gasteiger partial charge in [-0.1, -0.05) is 6.92 Å². The Labute approximate surface area is 115 Å². The quantitative estimate of drug-likeness (QED) is 0.909. The van der Waals surface area contributed by atoms with E-state index in [9.17, 15) is 4.79 Å². The van der Waals surface area contributed by atoms with Crippen LogP contribution in [0.25, 0.3) is 0 Å². The van der Waals surface area contributed by atoms with E-state index in [1.165, 1.54) is 0 Å². The summed E-state index contributed by atoms with van der Waals surface area (Å²) in [6.45, 7) is 8.70. The number of piperidine rings is 1. The molecule has 0 aliphatic carbocycles. The predicted molar refractivity (Wildman–Crippen MR) is 75.4 cm³/mol. The molecule has 0 atom stereocenters. The maximum Gasteiger partial charge on any atom is 0.257 e. The Hall–Kier alpha value is -1.29. The molecule has 19 heavy (non-hydrogen) atoms. The highest BCUT2D eigenvalue weighted by molar-refractivity contribution is 5.95. The van der Waals surface area contributed by atoms with Gasteiger partial charge in [0.1, 0.15) is 11.5 Å². The Morgan fingerprint density at radius 3 is 2.63 bits per heavy atom. The van der Waals surface area contributed by atoms with Gasteiger partial charge in [-0.25, -0.2) is 0 Å². The van der Waals surface area contributed by atoms with Gasteiger partial charge in [0.05, 0.1) is 5.56 Å². The van der Waals surface area contributed by atoms with E-state index in [1.807, 2.05) is 24.8 Å². The first kappa shape index (κ1) is 14.1. The van der Waals surface area contributed by atoms with Crippen molar-refractivity contribution in [2.24, 2.45) is 0 Å². The van der Waals surface area contributed by atoms with E-state index in [-0.39, 0.29) is 5.91 Å². The van der Waals surface area contributed by atoms with Gasteiger partial charge in [-0.2, -0.15) is 0 Å². The van der Waals surface area contributed by atoms with Crippen LogP contribution < -0.4 is 5.32 Å². The van der Waals surface area contributed by atoms with E-state index in [1.54, 1.807) is 0 Å². The molecule has 0 saturated carbocycles. The molecule has 1 fully saturated rings. The van der Waals surface area contributed by atoms with E-state index in [0.717, 1.165) is 56.0 Å². The van der Waals surface area contributed by atoms with Crippen LogP contribution in [0.1, 0.15) is 48.1 Å². The largest absolute Gasteiger partial charge is 0.466 e. The second kappa shape index (κ2) is 6.24. The normalized spacial score (nSPS) is 16.6. The summed E-state index contributed by atoms with van der Waals surface area (Å²) >= 11 is 0. The highest BCUT2D eigenvalue weighted by Crippen LogP contribution is 2.20. The lowest BCUT2D eigenvalue weighted by Gasteiger charge is -2.34. The van der Waals surface area contributed by atoms with Gasteiger partial charge in [0.25, 0.3) is 5.91 Å². The van der Waals surface area contributed by atoms with E-state index in [0.29, 0.717) is 6.04 Å². The van der Waals surface area contributed by atoms with Gasteiger partial charge in [0.2, 0.25) is 0 Å². The highest BCUT2D eigenvalue weighted by Gasteiger charge is 2.27. The van der Waals surface area contributed by atoms with Crippen LogP contribution in [-0.2, 0) is 0 Å². The number of aryl methyl sites for hydroxylation is 2. The summed E-state index contributed by atoms with van der Waals surface area (Å²) < 4.78 is 5.49. The number of hydrogen-bond donors (Lipinski definition) is 1. The van der Waals surface area contributed by atoms with Gasteiger partial charge in [0.15, 0.2) is 0 Å². The molecule has 1 aliphatic heterocycles. The molecule has 1 N–H and O–H groups in total. The van der Waals surface area contributed by atoms with Crippen LogP contribution in [-0.4, -0.2) is 36.5 Å². The molecular formula is C15H24N2O2. The highest BCUT2D eigenvalue weighted by atomic mass is 16.3. The molecule has 1 saturated heterocycles. The van der Waals surface area contributed by atoms with Crippen molar-refractivity contribution in [3.8, 4) is 0 Å². The first-order valence-corrected chi connectivity index (χ1v) is 7.22. The molecule has 2 heterocycles. The number of furan rings is 1. The number of rotatable bonds is 4. The maximum atomic E-state index is 12.7. The minimum absolute atomic E-state index is 0.128. The number of amides is 1. The molecule has 0 bridgehead atoms. The molecule has 2 rings (SSSR count). The van der Waals surface area contributed by atoms with Gasteiger partial charge >= 0.3 is 0 Å². The molecule has 0 aromatic carbocycles. The fraction of sp³-hybridized carbons (Fsp3) is 0.667. The van der Waals surface area contributed by atoms with Gasteiger partial charge in [-0.15, -0.1) is 0 Å². The lowest BCUT2D eigenvalue weighted by atomic mass is 10.0. The average Bonchev–Trinajstić information content (AvgIpc) is 2.75. The fourth-order valence-corrected chi connectivity index (χ4v) is 2.81. The monoisotopic (exact) mass is 264 g/mol. The van der Waals surface area contributed by atoms with Crippen LogP contribution >= 0.6 is 0 Å². The summed E-state index contributed by atoms with van der Waals surface area (Å²) in [5.41, 5.74) is 0.726. The number of carbonyl (C=O) groups is 1. The second-order valence-electron chi connectivity index (χ2n) is 5.31. The summed E-state index contributed by atoms with van der Waals surface area (Å²) in [4.78, 5) is 14.8. The smallest absolute Gasteiger partial charge is 0.257 e. The number of carbonyl (C=O) groups excluding carboxylic acids is 1. The van der Waals surface area contributed by atoms with Crippen molar-refractivity contribution in [2.75, 3.05) is 19.6 Å². The van der Waals surface area contributed by atoms with Crippen molar-refractivity contribution in [1.29, 1.82) is 0 Å². The summed E-state index contributed by atoms with van der Waals surface area (Å²) in [5, 5.41) is 3.35. The van der Waals surface area contributed by atoms with Crippen LogP contribution in [0.15, 0.2) is 10.5 Å². The number of nitrogens with zero attached hydrogens (tertiary/aromatic N) is 1. The van der Waals surface area contributed by atoms with Crippen molar-refractivity contribution < 1.29 is 9.21 Å². The van der Waals surface area contributed by atoms with Crippen LogP contribution in [0.3, 0.4) is 0 Å². The number of hydrogen-bond acceptors (Lipinski definition) is 3. The van der Waals surface area contributed by atoms with Crippen LogP contribution in [0.2, 0.25) is 0 Å². The van der Waals surface area contributed by atoms with Crippen molar-refractivity contribution >= 4 is 5.91 Å². The van der Waals surface area contributed by atoms with E-state index in [2.05, 4.69) is 12.2 Å². The van der Waals surface area contributed by atoms with Crippen molar-refractivity contribution in [1.82, 2.24) is 10.2 Å². The maximum absolute atomic E-state index is 12.7. The second-order valence-corrected chi connectivity index (χ2v) is 5.31. The summed E-state index contributed by atoms with van der Waals surface area (Å²) in [6.07, 6.45) is 3.08. The minimum atomic E-state index is 0.128. The Balaban J connectivity index is 2.17. The third-order valence-electron chi connectivity index (χ3n) is 3.75. The topological polar surface area (TPSA) is 45.5 Å². The van der Waals surface area contributed by atoms with Crippen molar-refractivity contribution in [3.63, 3.8) is 0 Å². The molecule has 106 valence electrons. The van der Waals surface area contributed by atoms with Gasteiger partial charge < -0.3 is 14.6 Å². The predicted octanol–water partition coefficient (Wildman–Crippen LogP) is 2.50. The first-order valence-electron chi connectivity index (χ1n) is 7.22.